The van der Waals surface area contributed by atoms with E-state index in [1.54, 1.807) is 13.8 Å². The number of carbonyl (C=O) groups is 4. The normalized spacial score (nSPS) is 15.4. The summed E-state index contributed by atoms with van der Waals surface area (Å²) in [4.78, 5) is 48.4. The van der Waals surface area contributed by atoms with Crippen LogP contribution in [-0.2, 0) is 19.2 Å². The van der Waals surface area contributed by atoms with E-state index < -0.39 is 12.0 Å². The molecule has 128 valence electrons. The molecule has 0 aliphatic carbocycles. The van der Waals surface area contributed by atoms with Crippen molar-refractivity contribution in [3.05, 3.63) is 12.2 Å². The molecule has 0 bridgehead atoms. The fraction of sp³-hybridized carbons (Fsp3) is 0.625. The number of carboxylic acid groups (broad SMARTS) is 1. The summed E-state index contributed by atoms with van der Waals surface area (Å²) >= 11 is 0. The molecular formula is C16H24N2O5. The molecule has 1 unspecified atom stereocenters. The van der Waals surface area contributed by atoms with E-state index in [0.717, 1.165) is 0 Å². The average molecular weight is 324 g/mol. The van der Waals surface area contributed by atoms with E-state index in [4.69, 9.17) is 0 Å². The van der Waals surface area contributed by atoms with Gasteiger partial charge in [0.15, 0.2) is 0 Å². The van der Waals surface area contributed by atoms with Gasteiger partial charge in [0.25, 0.3) is 11.8 Å². The van der Waals surface area contributed by atoms with Gasteiger partial charge in [-0.05, 0) is 18.8 Å². The Hall–Kier alpha value is -2.18. The fourth-order valence-electron chi connectivity index (χ4n) is 2.60. The largest absolute Gasteiger partial charge is 0.480 e. The standard InChI is InChI=1S/C16H24N2O5/c1-11(2)15(16(22)23)17(3)12(19)7-5-4-6-10-18-13(20)8-9-14(18)21/h8-9,11,15H,4-7,10H2,1-3H3,(H,22,23). The number of aliphatic carboxylic acids is 1. The maximum atomic E-state index is 12.1. The van der Waals surface area contributed by atoms with Gasteiger partial charge in [-0.2, -0.15) is 0 Å². The Morgan fingerprint density at radius 1 is 1.13 bits per heavy atom. The molecule has 0 aromatic rings. The van der Waals surface area contributed by atoms with E-state index in [-0.39, 0.29) is 30.1 Å². The highest BCUT2D eigenvalue weighted by atomic mass is 16.4. The van der Waals surface area contributed by atoms with E-state index in [1.807, 2.05) is 0 Å². The molecule has 3 amide bonds. The van der Waals surface area contributed by atoms with Crippen molar-refractivity contribution in [3.8, 4) is 0 Å². The van der Waals surface area contributed by atoms with Crippen LogP contribution < -0.4 is 0 Å². The van der Waals surface area contributed by atoms with Crippen molar-refractivity contribution in [1.82, 2.24) is 9.80 Å². The molecule has 1 N–H and O–H groups in total. The van der Waals surface area contributed by atoms with Crippen molar-refractivity contribution in [2.75, 3.05) is 13.6 Å². The first-order valence-corrected chi connectivity index (χ1v) is 7.77. The molecule has 0 saturated heterocycles. The zero-order chi connectivity index (χ0) is 17.6. The van der Waals surface area contributed by atoms with Gasteiger partial charge in [0.1, 0.15) is 6.04 Å². The van der Waals surface area contributed by atoms with Crippen molar-refractivity contribution < 1.29 is 24.3 Å². The molecule has 0 spiro atoms. The van der Waals surface area contributed by atoms with Gasteiger partial charge in [0.2, 0.25) is 5.91 Å². The Kier molecular flexibility index (Phi) is 6.93. The average Bonchev–Trinajstić information content (AvgIpc) is 2.77. The Labute approximate surface area is 135 Å². The molecule has 7 nitrogen and oxygen atoms in total. The molecule has 1 atom stereocenters. The van der Waals surface area contributed by atoms with E-state index in [0.29, 0.717) is 25.8 Å². The molecule has 1 aliphatic rings. The number of hydrogen-bond acceptors (Lipinski definition) is 4. The summed E-state index contributed by atoms with van der Waals surface area (Å²) in [5.74, 6) is -1.98. The highest BCUT2D eigenvalue weighted by Crippen LogP contribution is 2.13. The molecule has 1 aliphatic heterocycles. The van der Waals surface area contributed by atoms with Crippen LogP contribution in [0.4, 0.5) is 0 Å². The van der Waals surface area contributed by atoms with Crippen molar-refractivity contribution in [2.24, 2.45) is 5.92 Å². The minimum absolute atomic E-state index is 0.166. The summed E-state index contributed by atoms with van der Waals surface area (Å²) in [6.45, 7) is 3.87. The summed E-state index contributed by atoms with van der Waals surface area (Å²) in [5, 5.41) is 9.17. The monoisotopic (exact) mass is 324 g/mol. The first kappa shape index (κ1) is 18.9. The van der Waals surface area contributed by atoms with Gasteiger partial charge in [0, 0.05) is 32.2 Å². The number of nitrogens with zero attached hydrogens (tertiary/aromatic N) is 2. The molecule has 7 heteroatoms. The molecule has 0 saturated carbocycles. The lowest BCUT2D eigenvalue weighted by molar-refractivity contribution is -0.151. The summed E-state index contributed by atoms with van der Waals surface area (Å²) in [7, 11) is 1.51. The lowest BCUT2D eigenvalue weighted by atomic mass is 10.0. The number of rotatable bonds is 9. The van der Waals surface area contributed by atoms with Crippen LogP contribution in [0.15, 0.2) is 12.2 Å². The first-order chi connectivity index (χ1) is 10.8. The third kappa shape index (κ3) is 5.19. The van der Waals surface area contributed by atoms with Gasteiger partial charge in [-0.25, -0.2) is 4.79 Å². The maximum absolute atomic E-state index is 12.1. The third-order valence-corrected chi connectivity index (χ3v) is 3.87. The Bertz CT molecular complexity index is 495. The Balaban J connectivity index is 2.30. The zero-order valence-corrected chi connectivity index (χ0v) is 13.8. The van der Waals surface area contributed by atoms with Crippen LogP contribution in [0.1, 0.15) is 39.5 Å². The van der Waals surface area contributed by atoms with Crippen LogP contribution in [0, 0.1) is 5.92 Å². The van der Waals surface area contributed by atoms with Gasteiger partial charge in [-0.1, -0.05) is 20.3 Å². The van der Waals surface area contributed by atoms with Crippen molar-refractivity contribution in [3.63, 3.8) is 0 Å². The molecule has 0 fully saturated rings. The summed E-state index contributed by atoms with van der Waals surface area (Å²) in [6.07, 6.45) is 4.67. The summed E-state index contributed by atoms with van der Waals surface area (Å²) in [6, 6.07) is -0.826. The molecule has 0 radical (unpaired) electrons. The second-order valence-corrected chi connectivity index (χ2v) is 6.00. The van der Waals surface area contributed by atoms with E-state index in [1.165, 1.54) is 29.0 Å². The first-order valence-electron chi connectivity index (χ1n) is 7.77. The van der Waals surface area contributed by atoms with Gasteiger partial charge in [0.05, 0.1) is 0 Å². The highest BCUT2D eigenvalue weighted by molar-refractivity contribution is 6.12. The number of imide groups is 1. The number of carboxylic acids is 1. The van der Waals surface area contributed by atoms with E-state index in [9.17, 15) is 24.3 Å². The molecule has 0 aromatic heterocycles. The molecule has 0 aromatic carbocycles. The zero-order valence-electron chi connectivity index (χ0n) is 13.8. The number of hydrogen-bond donors (Lipinski definition) is 1. The lowest BCUT2D eigenvalue weighted by Gasteiger charge is -2.27. The van der Waals surface area contributed by atoms with Gasteiger partial charge in [-0.3, -0.25) is 19.3 Å². The number of unbranched alkanes of at least 4 members (excludes halogenated alkanes) is 2. The highest BCUT2D eigenvalue weighted by Gasteiger charge is 2.29. The van der Waals surface area contributed by atoms with Crippen LogP contribution >= 0.6 is 0 Å². The molecular weight excluding hydrogens is 300 g/mol. The van der Waals surface area contributed by atoms with Gasteiger partial charge < -0.3 is 10.0 Å². The third-order valence-electron chi connectivity index (χ3n) is 3.87. The fourth-order valence-corrected chi connectivity index (χ4v) is 2.60. The van der Waals surface area contributed by atoms with Crippen molar-refractivity contribution in [1.29, 1.82) is 0 Å². The Morgan fingerprint density at radius 3 is 2.17 bits per heavy atom. The minimum atomic E-state index is -1.01. The minimum Gasteiger partial charge on any atom is -0.480 e. The predicted molar refractivity (Wildman–Crippen MR) is 83.4 cm³/mol. The SMILES string of the molecule is CC(C)C(C(=O)O)N(C)C(=O)CCCCCN1C(=O)C=CC1=O. The van der Waals surface area contributed by atoms with Crippen molar-refractivity contribution >= 4 is 23.7 Å². The number of likely N-dealkylation sites (N-methyl/N-ethyl adjacent to an activating group) is 1. The number of amides is 3. The molecule has 23 heavy (non-hydrogen) atoms. The van der Waals surface area contributed by atoms with Crippen LogP contribution in [0.3, 0.4) is 0 Å². The molecule has 1 rings (SSSR count). The summed E-state index contributed by atoms with van der Waals surface area (Å²) in [5.41, 5.74) is 0. The van der Waals surface area contributed by atoms with E-state index in [2.05, 4.69) is 0 Å². The second kappa shape index (κ2) is 8.45. The van der Waals surface area contributed by atoms with Gasteiger partial charge in [-0.15, -0.1) is 0 Å². The second-order valence-electron chi connectivity index (χ2n) is 6.00. The van der Waals surface area contributed by atoms with Crippen LogP contribution in [-0.4, -0.2) is 58.2 Å². The Morgan fingerprint density at radius 2 is 1.70 bits per heavy atom. The quantitative estimate of drug-likeness (QED) is 0.505. The lowest BCUT2D eigenvalue weighted by Crippen LogP contribution is -2.45. The van der Waals surface area contributed by atoms with Crippen LogP contribution in [0.25, 0.3) is 0 Å². The van der Waals surface area contributed by atoms with E-state index >= 15 is 0 Å². The topological polar surface area (TPSA) is 95.0 Å². The van der Waals surface area contributed by atoms with Crippen LogP contribution in [0.2, 0.25) is 0 Å². The van der Waals surface area contributed by atoms with Crippen LogP contribution in [0.5, 0.6) is 0 Å². The number of carbonyl (C=O) groups excluding carboxylic acids is 3. The van der Waals surface area contributed by atoms with Crippen molar-refractivity contribution in [2.45, 2.75) is 45.6 Å². The molecule has 1 heterocycles. The summed E-state index contributed by atoms with van der Waals surface area (Å²) < 4.78 is 0. The maximum Gasteiger partial charge on any atom is 0.326 e. The van der Waals surface area contributed by atoms with Gasteiger partial charge >= 0.3 is 5.97 Å². The smallest absolute Gasteiger partial charge is 0.326 e. The predicted octanol–water partition coefficient (Wildman–Crippen LogP) is 1.04.